The molecule has 1 aromatic heterocycles. The van der Waals surface area contributed by atoms with Gasteiger partial charge in [0.05, 0.1) is 6.04 Å². The molecule has 0 bridgehead atoms. The average Bonchev–Trinajstić information content (AvgIpc) is 2.85. The van der Waals surface area contributed by atoms with E-state index in [0.29, 0.717) is 10.6 Å². The maximum atomic E-state index is 13.5. The van der Waals surface area contributed by atoms with E-state index >= 15 is 0 Å². The van der Waals surface area contributed by atoms with Gasteiger partial charge in [0.1, 0.15) is 5.82 Å². The molecule has 2 N–H and O–H groups in total. The minimum absolute atomic E-state index is 0.0257. The lowest BCUT2D eigenvalue weighted by Gasteiger charge is -2.09. The first-order valence-corrected chi connectivity index (χ1v) is 6.59. The van der Waals surface area contributed by atoms with E-state index < -0.39 is 11.9 Å². The summed E-state index contributed by atoms with van der Waals surface area (Å²) in [5, 5.41) is 2.16. The van der Waals surface area contributed by atoms with Crippen LogP contribution in [0.15, 0.2) is 35.7 Å². The van der Waals surface area contributed by atoms with Crippen molar-refractivity contribution in [3.05, 3.63) is 57.0 Å². The summed E-state index contributed by atoms with van der Waals surface area (Å²) >= 11 is 7.07. The number of hydrogen-bond acceptors (Lipinski definition) is 3. The van der Waals surface area contributed by atoms with Crippen molar-refractivity contribution in [1.29, 1.82) is 0 Å². The van der Waals surface area contributed by atoms with Crippen molar-refractivity contribution in [2.75, 3.05) is 0 Å². The number of thiophene rings is 1. The molecule has 0 saturated heterocycles. The van der Waals surface area contributed by atoms with Gasteiger partial charge in [0, 0.05) is 16.3 Å². The van der Waals surface area contributed by atoms with Gasteiger partial charge in [-0.15, -0.1) is 11.3 Å². The highest BCUT2D eigenvalue weighted by Gasteiger charge is 2.18. The molecule has 94 valence electrons. The topological polar surface area (TPSA) is 43.1 Å². The number of hydrogen-bond donors (Lipinski definition) is 1. The van der Waals surface area contributed by atoms with E-state index in [-0.39, 0.29) is 12.2 Å². The Kier molecular flexibility index (Phi) is 4.11. The van der Waals surface area contributed by atoms with E-state index in [1.54, 1.807) is 12.1 Å². The van der Waals surface area contributed by atoms with Crippen LogP contribution in [0.25, 0.3) is 0 Å². The third-order valence-corrected chi connectivity index (χ3v) is 3.77. The molecule has 2 rings (SSSR count). The van der Waals surface area contributed by atoms with E-state index in [2.05, 4.69) is 0 Å². The Morgan fingerprint density at radius 3 is 2.83 bits per heavy atom. The SMILES string of the molecule is NC(C(=O)Cc1ccc(Cl)cc1F)c1cccs1. The summed E-state index contributed by atoms with van der Waals surface area (Å²) in [5.41, 5.74) is 6.14. The van der Waals surface area contributed by atoms with Gasteiger partial charge in [0.15, 0.2) is 5.78 Å². The highest BCUT2D eigenvalue weighted by molar-refractivity contribution is 7.10. The fourth-order valence-corrected chi connectivity index (χ4v) is 2.50. The number of benzene rings is 1. The summed E-state index contributed by atoms with van der Waals surface area (Å²) in [5.74, 6) is -0.687. The molecular weight excluding hydrogens is 273 g/mol. The summed E-state index contributed by atoms with van der Waals surface area (Å²) < 4.78 is 13.5. The van der Waals surface area contributed by atoms with E-state index in [9.17, 15) is 9.18 Å². The van der Waals surface area contributed by atoms with Crippen LogP contribution < -0.4 is 5.73 Å². The minimum Gasteiger partial charge on any atom is -0.317 e. The molecule has 0 saturated carbocycles. The Morgan fingerprint density at radius 1 is 1.44 bits per heavy atom. The van der Waals surface area contributed by atoms with E-state index in [1.165, 1.54) is 23.5 Å². The van der Waals surface area contributed by atoms with Crippen LogP contribution in [0.2, 0.25) is 5.02 Å². The lowest BCUT2D eigenvalue weighted by atomic mass is 10.0. The molecule has 0 spiro atoms. The lowest BCUT2D eigenvalue weighted by molar-refractivity contribution is -0.119. The number of nitrogens with two attached hydrogens (primary N) is 1. The Hall–Kier alpha value is -1.23. The smallest absolute Gasteiger partial charge is 0.159 e. The molecule has 0 amide bonds. The molecule has 2 nitrogen and oxygen atoms in total. The van der Waals surface area contributed by atoms with Crippen LogP contribution in [0.3, 0.4) is 0 Å². The van der Waals surface area contributed by atoms with E-state index in [4.69, 9.17) is 17.3 Å². The third-order valence-electron chi connectivity index (χ3n) is 2.58. The molecule has 5 heteroatoms. The van der Waals surface area contributed by atoms with Gasteiger partial charge >= 0.3 is 0 Å². The van der Waals surface area contributed by atoms with Gasteiger partial charge in [-0.3, -0.25) is 4.79 Å². The molecule has 1 aromatic carbocycles. The summed E-state index contributed by atoms with van der Waals surface area (Å²) in [7, 11) is 0. The van der Waals surface area contributed by atoms with Crippen molar-refractivity contribution in [2.24, 2.45) is 5.73 Å². The van der Waals surface area contributed by atoms with Crippen LogP contribution in [0.1, 0.15) is 16.5 Å². The molecule has 1 atom stereocenters. The molecule has 0 aliphatic rings. The molecule has 1 heterocycles. The summed E-state index contributed by atoms with van der Waals surface area (Å²) in [6.45, 7) is 0. The molecule has 2 aromatic rings. The van der Waals surface area contributed by atoms with Crippen molar-refractivity contribution < 1.29 is 9.18 Å². The standard InChI is InChI=1S/C13H11ClFNOS/c14-9-4-3-8(10(15)7-9)6-11(17)13(16)12-2-1-5-18-12/h1-5,7,13H,6,16H2. The van der Waals surface area contributed by atoms with Crippen molar-refractivity contribution >= 4 is 28.7 Å². The predicted octanol–water partition coefficient (Wildman–Crippen LogP) is 3.35. The normalized spacial score (nSPS) is 12.4. The van der Waals surface area contributed by atoms with Crippen molar-refractivity contribution in [3.63, 3.8) is 0 Å². The first kappa shape index (κ1) is 13.2. The molecule has 0 fully saturated rings. The average molecular weight is 284 g/mol. The second-order valence-electron chi connectivity index (χ2n) is 3.87. The molecule has 0 aliphatic heterocycles. The van der Waals surface area contributed by atoms with Crippen LogP contribution >= 0.6 is 22.9 Å². The van der Waals surface area contributed by atoms with Crippen LogP contribution in [-0.2, 0) is 11.2 Å². The summed E-state index contributed by atoms with van der Waals surface area (Å²) in [4.78, 5) is 12.7. The zero-order valence-electron chi connectivity index (χ0n) is 9.40. The van der Waals surface area contributed by atoms with Gasteiger partial charge in [-0.25, -0.2) is 4.39 Å². The Labute approximate surface area is 113 Å². The zero-order valence-corrected chi connectivity index (χ0v) is 11.0. The number of halogens is 2. The van der Waals surface area contributed by atoms with Gasteiger partial charge in [-0.1, -0.05) is 23.7 Å². The van der Waals surface area contributed by atoms with Crippen LogP contribution in [0.4, 0.5) is 4.39 Å². The number of Topliss-reactive ketones (excluding diaryl/α,β-unsaturated/α-hetero) is 1. The van der Waals surface area contributed by atoms with Crippen molar-refractivity contribution in [1.82, 2.24) is 0 Å². The van der Waals surface area contributed by atoms with Crippen LogP contribution in [0, 0.1) is 5.82 Å². The van der Waals surface area contributed by atoms with E-state index in [1.807, 2.05) is 11.4 Å². The Balaban J connectivity index is 2.12. The Morgan fingerprint density at radius 2 is 2.22 bits per heavy atom. The number of ketones is 1. The van der Waals surface area contributed by atoms with Gasteiger partial charge in [0.2, 0.25) is 0 Å². The highest BCUT2D eigenvalue weighted by Crippen LogP contribution is 2.21. The van der Waals surface area contributed by atoms with Gasteiger partial charge < -0.3 is 5.73 Å². The number of carbonyl (C=O) groups excluding carboxylic acids is 1. The summed E-state index contributed by atoms with van der Waals surface area (Å²) in [6, 6.07) is 7.20. The first-order chi connectivity index (χ1) is 8.58. The van der Waals surface area contributed by atoms with Crippen LogP contribution in [-0.4, -0.2) is 5.78 Å². The zero-order chi connectivity index (χ0) is 13.1. The van der Waals surface area contributed by atoms with Gasteiger partial charge in [0.25, 0.3) is 0 Å². The van der Waals surface area contributed by atoms with E-state index in [0.717, 1.165) is 4.88 Å². The predicted molar refractivity (Wildman–Crippen MR) is 71.4 cm³/mol. The van der Waals surface area contributed by atoms with Crippen molar-refractivity contribution in [3.8, 4) is 0 Å². The number of rotatable bonds is 4. The first-order valence-electron chi connectivity index (χ1n) is 5.33. The third kappa shape index (κ3) is 2.96. The molecule has 18 heavy (non-hydrogen) atoms. The molecule has 0 aliphatic carbocycles. The maximum Gasteiger partial charge on any atom is 0.159 e. The van der Waals surface area contributed by atoms with Crippen LogP contribution in [0.5, 0.6) is 0 Å². The summed E-state index contributed by atoms with van der Waals surface area (Å²) in [6.07, 6.45) is -0.0257. The molecule has 1 unspecified atom stereocenters. The number of carbonyl (C=O) groups is 1. The monoisotopic (exact) mass is 283 g/mol. The Bertz CT molecular complexity index is 556. The fraction of sp³-hybridized carbons (Fsp3) is 0.154. The molecule has 0 radical (unpaired) electrons. The second-order valence-corrected chi connectivity index (χ2v) is 5.29. The van der Waals surface area contributed by atoms with Gasteiger partial charge in [-0.2, -0.15) is 0 Å². The largest absolute Gasteiger partial charge is 0.317 e. The molecular formula is C13H11ClFNOS. The second kappa shape index (κ2) is 5.61. The maximum absolute atomic E-state index is 13.5. The minimum atomic E-state index is -0.694. The quantitative estimate of drug-likeness (QED) is 0.935. The van der Waals surface area contributed by atoms with Gasteiger partial charge in [-0.05, 0) is 29.1 Å². The fourth-order valence-electron chi connectivity index (χ4n) is 1.59. The van der Waals surface area contributed by atoms with Crippen molar-refractivity contribution in [2.45, 2.75) is 12.5 Å². The highest BCUT2D eigenvalue weighted by atomic mass is 35.5. The lowest BCUT2D eigenvalue weighted by Crippen LogP contribution is -2.22.